The summed E-state index contributed by atoms with van der Waals surface area (Å²) < 4.78 is 42.9. The van der Waals surface area contributed by atoms with Gasteiger partial charge in [-0.15, -0.1) is 0 Å². The van der Waals surface area contributed by atoms with Crippen molar-refractivity contribution in [2.45, 2.75) is 25.1 Å². The largest absolute Gasteiger partial charge is 0.439 e. The maximum absolute atomic E-state index is 12.5. The Morgan fingerprint density at radius 3 is 2.38 bits per heavy atom. The van der Waals surface area contributed by atoms with Gasteiger partial charge in [0.25, 0.3) is 5.91 Å². The number of hydrogen-bond donors (Lipinski definition) is 2. The van der Waals surface area contributed by atoms with E-state index in [9.17, 15) is 18.0 Å². The van der Waals surface area contributed by atoms with Gasteiger partial charge >= 0.3 is 6.18 Å². The third-order valence-corrected chi connectivity index (χ3v) is 4.08. The molecule has 8 heteroatoms. The molecule has 0 spiro atoms. The third-order valence-electron chi connectivity index (χ3n) is 4.08. The second-order valence-corrected chi connectivity index (χ2v) is 6.01. The second kappa shape index (κ2) is 7.74. The first-order chi connectivity index (χ1) is 12.4. The number of halogens is 3. The number of carbonyl (C=O) groups excluding carboxylic acids is 1. The van der Waals surface area contributed by atoms with Crippen molar-refractivity contribution in [1.82, 2.24) is 15.6 Å². The van der Waals surface area contributed by atoms with Crippen molar-refractivity contribution in [2.24, 2.45) is 0 Å². The first-order valence-electron chi connectivity index (χ1n) is 8.24. The molecule has 2 heterocycles. The lowest BCUT2D eigenvalue weighted by Gasteiger charge is -2.23. The van der Waals surface area contributed by atoms with Crippen molar-refractivity contribution in [3.05, 3.63) is 53.7 Å². The SMILES string of the molecule is O=C(NC1CCNCC1)c1ccc(Oc2ccc(C(F)(F)F)cn2)cc1. The molecule has 0 atom stereocenters. The van der Waals surface area contributed by atoms with E-state index in [0.717, 1.165) is 44.3 Å². The second-order valence-electron chi connectivity index (χ2n) is 6.01. The number of alkyl halides is 3. The average Bonchev–Trinajstić information content (AvgIpc) is 2.63. The van der Waals surface area contributed by atoms with Gasteiger partial charge in [-0.3, -0.25) is 4.79 Å². The lowest BCUT2D eigenvalue weighted by Crippen LogP contribution is -2.42. The monoisotopic (exact) mass is 365 g/mol. The average molecular weight is 365 g/mol. The fraction of sp³-hybridized carbons (Fsp3) is 0.333. The van der Waals surface area contributed by atoms with Crippen molar-refractivity contribution >= 4 is 5.91 Å². The summed E-state index contributed by atoms with van der Waals surface area (Å²) in [7, 11) is 0. The predicted molar refractivity (Wildman–Crippen MR) is 89.1 cm³/mol. The Labute approximate surface area is 148 Å². The summed E-state index contributed by atoms with van der Waals surface area (Å²) in [5.41, 5.74) is -0.342. The molecule has 0 bridgehead atoms. The van der Waals surface area contributed by atoms with Crippen LogP contribution in [0.5, 0.6) is 11.6 Å². The molecule has 2 N–H and O–H groups in total. The number of pyridine rings is 1. The van der Waals surface area contributed by atoms with Gasteiger partial charge in [0.05, 0.1) is 5.56 Å². The zero-order valence-electron chi connectivity index (χ0n) is 13.8. The minimum atomic E-state index is -4.44. The number of benzene rings is 1. The Bertz CT molecular complexity index is 740. The number of aromatic nitrogens is 1. The molecular weight excluding hydrogens is 347 g/mol. The lowest BCUT2D eigenvalue weighted by molar-refractivity contribution is -0.137. The summed E-state index contributed by atoms with van der Waals surface area (Å²) >= 11 is 0. The van der Waals surface area contributed by atoms with E-state index in [4.69, 9.17) is 4.74 Å². The standard InChI is InChI=1S/C18H18F3N3O2/c19-18(20,21)13-3-6-16(23-11-13)26-15-4-1-12(2-5-15)17(25)24-14-7-9-22-10-8-14/h1-6,11,14,22H,7-10H2,(H,24,25). The minimum absolute atomic E-state index is 0.0462. The predicted octanol–water partition coefficient (Wildman–Crippen LogP) is 3.37. The highest BCUT2D eigenvalue weighted by molar-refractivity contribution is 5.94. The Hall–Kier alpha value is -2.61. The molecule has 2 aromatic rings. The zero-order valence-corrected chi connectivity index (χ0v) is 13.8. The minimum Gasteiger partial charge on any atom is -0.439 e. The first kappa shape index (κ1) is 18.2. The van der Waals surface area contributed by atoms with E-state index in [1.54, 1.807) is 24.3 Å². The summed E-state index contributed by atoms with van der Waals surface area (Å²) in [4.78, 5) is 15.9. The van der Waals surface area contributed by atoms with Gasteiger partial charge in [-0.05, 0) is 56.3 Å². The molecule has 1 fully saturated rings. The first-order valence-corrected chi connectivity index (χ1v) is 8.24. The normalized spacial score (nSPS) is 15.5. The number of amides is 1. The van der Waals surface area contributed by atoms with Crippen LogP contribution in [0.1, 0.15) is 28.8 Å². The van der Waals surface area contributed by atoms with Crippen LogP contribution in [0.3, 0.4) is 0 Å². The smallest absolute Gasteiger partial charge is 0.417 e. The molecule has 1 aliphatic rings. The number of nitrogens with one attached hydrogen (secondary N) is 2. The highest BCUT2D eigenvalue weighted by Gasteiger charge is 2.30. The van der Waals surface area contributed by atoms with E-state index in [1.165, 1.54) is 0 Å². The van der Waals surface area contributed by atoms with E-state index in [1.807, 2.05) is 0 Å². The van der Waals surface area contributed by atoms with Gasteiger partial charge in [-0.2, -0.15) is 13.2 Å². The van der Waals surface area contributed by atoms with Crippen molar-refractivity contribution < 1.29 is 22.7 Å². The summed E-state index contributed by atoms with van der Waals surface area (Å²) in [5.74, 6) is 0.275. The molecule has 1 saturated heterocycles. The molecule has 3 rings (SSSR count). The molecule has 5 nitrogen and oxygen atoms in total. The number of carbonyl (C=O) groups is 1. The van der Waals surface area contributed by atoms with Gasteiger partial charge in [-0.1, -0.05) is 0 Å². The highest BCUT2D eigenvalue weighted by atomic mass is 19.4. The van der Waals surface area contributed by atoms with Gasteiger partial charge < -0.3 is 15.4 Å². The molecule has 0 aliphatic carbocycles. The van der Waals surface area contributed by atoms with Crippen molar-refractivity contribution in [3.8, 4) is 11.6 Å². The summed E-state index contributed by atoms with van der Waals surface area (Å²) in [6, 6.07) is 8.60. The molecule has 0 saturated carbocycles. The number of nitrogens with zero attached hydrogens (tertiary/aromatic N) is 1. The van der Waals surface area contributed by atoms with Crippen molar-refractivity contribution in [3.63, 3.8) is 0 Å². The summed E-state index contributed by atoms with van der Waals surface area (Å²) in [6.45, 7) is 1.77. The number of rotatable bonds is 4. The quantitative estimate of drug-likeness (QED) is 0.872. The van der Waals surface area contributed by atoms with Crippen LogP contribution in [0.15, 0.2) is 42.6 Å². The molecule has 0 unspecified atom stereocenters. The van der Waals surface area contributed by atoms with Crippen LogP contribution in [-0.4, -0.2) is 30.0 Å². The van der Waals surface area contributed by atoms with Crippen LogP contribution in [0.25, 0.3) is 0 Å². The molecular formula is C18H18F3N3O2. The van der Waals surface area contributed by atoms with E-state index >= 15 is 0 Å². The number of piperidine rings is 1. The van der Waals surface area contributed by atoms with Crippen LogP contribution >= 0.6 is 0 Å². The van der Waals surface area contributed by atoms with Gasteiger partial charge in [-0.25, -0.2) is 4.98 Å². The van der Waals surface area contributed by atoms with Crippen LogP contribution < -0.4 is 15.4 Å². The molecule has 1 aromatic heterocycles. The Balaban J connectivity index is 1.59. The van der Waals surface area contributed by atoms with E-state index < -0.39 is 11.7 Å². The Morgan fingerprint density at radius 2 is 1.81 bits per heavy atom. The lowest BCUT2D eigenvalue weighted by atomic mass is 10.1. The fourth-order valence-electron chi connectivity index (χ4n) is 2.64. The van der Waals surface area contributed by atoms with E-state index in [2.05, 4.69) is 15.6 Å². The number of hydrogen-bond acceptors (Lipinski definition) is 4. The van der Waals surface area contributed by atoms with Crippen LogP contribution in [0.2, 0.25) is 0 Å². The molecule has 138 valence electrons. The van der Waals surface area contributed by atoms with Gasteiger partial charge in [0.15, 0.2) is 0 Å². The molecule has 0 radical (unpaired) electrons. The van der Waals surface area contributed by atoms with Gasteiger partial charge in [0.1, 0.15) is 5.75 Å². The molecule has 1 amide bonds. The third kappa shape index (κ3) is 4.72. The number of ether oxygens (including phenoxy) is 1. The molecule has 26 heavy (non-hydrogen) atoms. The molecule has 1 aromatic carbocycles. The van der Waals surface area contributed by atoms with Crippen molar-refractivity contribution in [1.29, 1.82) is 0 Å². The fourth-order valence-corrected chi connectivity index (χ4v) is 2.64. The maximum Gasteiger partial charge on any atom is 0.417 e. The Morgan fingerprint density at radius 1 is 1.12 bits per heavy atom. The summed E-state index contributed by atoms with van der Waals surface area (Å²) in [6.07, 6.45) is -1.93. The van der Waals surface area contributed by atoms with Crippen LogP contribution in [0.4, 0.5) is 13.2 Å². The summed E-state index contributed by atoms with van der Waals surface area (Å²) in [5, 5.41) is 6.22. The van der Waals surface area contributed by atoms with Gasteiger partial charge in [0.2, 0.25) is 5.88 Å². The molecule has 1 aliphatic heterocycles. The van der Waals surface area contributed by atoms with Crippen LogP contribution in [0, 0.1) is 0 Å². The Kier molecular flexibility index (Phi) is 5.41. The van der Waals surface area contributed by atoms with E-state index in [0.29, 0.717) is 11.3 Å². The van der Waals surface area contributed by atoms with E-state index in [-0.39, 0.29) is 17.8 Å². The topological polar surface area (TPSA) is 63.2 Å². The highest BCUT2D eigenvalue weighted by Crippen LogP contribution is 2.30. The zero-order chi connectivity index (χ0) is 18.6. The maximum atomic E-state index is 12.5. The van der Waals surface area contributed by atoms with Crippen molar-refractivity contribution in [2.75, 3.05) is 13.1 Å². The van der Waals surface area contributed by atoms with Crippen LogP contribution in [-0.2, 0) is 6.18 Å². The van der Waals surface area contributed by atoms with Gasteiger partial charge in [0, 0.05) is 23.9 Å².